The van der Waals surface area contributed by atoms with E-state index in [1.807, 2.05) is 6.08 Å². The van der Waals surface area contributed by atoms with Gasteiger partial charge in [0, 0.05) is 0 Å². The van der Waals surface area contributed by atoms with Crippen LogP contribution in [0.2, 0.25) is 0 Å². The number of carbonyl (C=O) groups excluding carboxylic acids is 1. The molecule has 0 aromatic carbocycles. The highest BCUT2D eigenvalue weighted by Gasteiger charge is 1.97. The van der Waals surface area contributed by atoms with Crippen LogP contribution in [0.5, 0.6) is 0 Å². The van der Waals surface area contributed by atoms with Crippen LogP contribution in [-0.2, 0) is 4.79 Å². The zero-order valence-corrected chi connectivity index (χ0v) is 35.1. The van der Waals surface area contributed by atoms with Crippen LogP contribution < -0.4 is 0 Å². The number of carbonyl (C=O) groups is 1. The molecule has 0 saturated heterocycles. The lowest BCUT2D eigenvalue weighted by atomic mass is 10.0. The molecule has 2 heteroatoms. The molecule has 284 valence electrons. The molecule has 0 fully saturated rings. The third-order valence-corrected chi connectivity index (χ3v) is 8.75. The van der Waals surface area contributed by atoms with Crippen molar-refractivity contribution in [3.8, 4) is 0 Å². The number of aliphatic hydroxyl groups is 1. The minimum atomic E-state index is 0.150. The van der Waals surface area contributed by atoms with Gasteiger partial charge in [-0.2, -0.15) is 0 Å². The first-order valence-corrected chi connectivity index (χ1v) is 19.6. The molecule has 0 saturated carbocycles. The summed E-state index contributed by atoms with van der Waals surface area (Å²) in [6, 6.07) is 0. The van der Waals surface area contributed by atoms with Crippen molar-refractivity contribution < 1.29 is 9.90 Å². The Morgan fingerprint density at radius 3 is 0.640 bits per heavy atom. The predicted octanol–water partition coefficient (Wildman–Crippen LogP) is 15.4. The fourth-order valence-electron chi connectivity index (χ4n) is 5.38. The zero-order chi connectivity index (χ0) is 38.2. The van der Waals surface area contributed by atoms with Crippen molar-refractivity contribution in [2.24, 2.45) is 0 Å². The van der Waals surface area contributed by atoms with E-state index in [9.17, 15) is 4.79 Å². The summed E-state index contributed by atoms with van der Waals surface area (Å²) in [5.74, 6) is 0.167. The maximum absolute atomic E-state index is 9.44. The highest BCUT2D eigenvalue weighted by atomic mass is 16.2. The first kappa shape index (κ1) is 49.4. The molecule has 0 rings (SSSR count). The van der Waals surface area contributed by atoms with Crippen LogP contribution in [0, 0.1) is 0 Å². The minimum Gasteiger partial charge on any atom is -0.392 e. The number of Topliss-reactive ketones (excluding diaryl/α,β-unsaturated/α-hetero) is 1. The number of hydrogen-bond acceptors (Lipinski definition) is 2. The molecule has 0 aliphatic carbocycles. The Hall–Kier alpha value is -2.71. The fraction of sp³-hybridized carbons (Fsp3) is 0.604. The molecule has 0 atom stereocenters. The van der Waals surface area contributed by atoms with Crippen LogP contribution in [0.4, 0.5) is 0 Å². The second-order valence-electron chi connectivity index (χ2n) is 15.1. The standard InChI is InChI=1S/C45H74O.C3H6O/c1-37(2)19-11-20-38(3)21-12-22-39(4)23-13-24-40(5)25-14-26-41(6)27-15-28-42(7)29-16-30-43(8)31-17-32-44(9)33-18-34-45(10)35-36-46;1-3(2)4/h19,21,23,25,27,29,31,33,35,46H,11-18,20,22,24,26,28,30,32,34,36H2,1-10H3;1-2H3/b38-21+,39-23+,40-25+,41-27+,42-29+,43-31+,44-33+,45-35+;. The van der Waals surface area contributed by atoms with Crippen molar-refractivity contribution in [1.29, 1.82) is 0 Å². The van der Waals surface area contributed by atoms with Crippen LogP contribution in [0.15, 0.2) is 105 Å². The smallest absolute Gasteiger partial charge is 0.126 e. The van der Waals surface area contributed by atoms with Crippen molar-refractivity contribution in [1.82, 2.24) is 0 Å². The molecule has 0 aliphatic rings. The summed E-state index contributed by atoms with van der Waals surface area (Å²) in [6.45, 7) is 25.6. The summed E-state index contributed by atoms with van der Waals surface area (Å²) in [6.07, 6.45) is 39.7. The van der Waals surface area contributed by atoms with Gasteiger partial charge in [-0.15, -0.1) is 0 Å². The molecule has 2 nitrogen and oxygen atoms in total. The van der Waals surface area contributed by atoms with Crippen molar-refractivity contribution in [2.45, 2.75) is 186 Å². The summed E-state index contributed by atoms with van der Waals surface area (Å²) in [5, 5.41) is 8.96. The number of hydrogen-bond donors (Lipinski definition) is 1. The molecule has 0 aliphatic heterocycles. The first-order chi connectivity index (χ1) is 23.7. The van der Waals surface area contributed by atoms with Gasteiger partial charge in [-0.05, 0) is 186 Å². The van der Waals surface area contributed by atoms with Gasteiger partial charge < -0.3 is 9.90 Å². The largest absolute Gasteiger partial charge is 0.392 e. The number of allylic oxidation sites excluding steroid dienone is 17. The Morgan fingerprint density at radius 1 is 0.320 bits per heavy atom. The number of ketones is 1. The molecule has 0 heterocycles. The first-order valence-electron chi connectivity index (χ1n) is 19.6. The van der Waals surface area contributed by atoms with E-state index in [0.29, 0.717) is 0 Å². The lowest BCUT2D eigenvalue weighted by Crippen LogP contribution is -1.84. The van der Waals surface area contributed by atoms with Gasteiger partial charge in [-0.1, -0.05) is 105 Å². The Labute approximate surface area is 312 Å². The van der Waals surface area contributed by atoms with Gasteiger partial charge in [0.25, 0.3) is 0 Å². The molecule has 0 bridgehead atoms. The summed E-state index contributed by atoms with van der Waals surface area (Å²) < 4.78 is 0. The summed E-state index contributed by atoms with van der Waals surface area (Å²) in [4.78, 5) is 9.44. The molecule has 0 aromatic rings. The van der Waals surface area contributed by atoms with Crippen LogP contribution in [-0.4, -0.2) is 17.5 Å². The van der Waals surface area contributed by atoms with E-state index in [1.165, 1.54) is 109 Å². The van der Waals surface area contributed by atoms with Crippen LogP contribution in [0.1, 0.15) is 186 Å². The SMILES string of the molecule is CC(C)=CCC/C(C)=C/CC/C(C)=C/CC/C(C)=C/CC/C(C)=C/CC/C(C)=C/CC/C(C)=C/CC/C(C)=C/CC/C(C)=C/CO.CC(C)=O. The van der Waals surface area contributed by atoms with Gasteiger partial charge in [-0.3, -0.25) is 0 Å². The van der Waals surface area contributed by atoms with Gasteiger partial charge in [0.2, 0.25) is 0 Å². The quantitative estimate of drug-likeness (QED) is 0.0969. The van der Waals surface area contributed by atoms with Crippen molar-refractivity contribution in [3.05, 3.63) is 105 Å². The Kier molecular flexibility index (Phi) is 33.0. The van der Waals surface area contributed by atoms with E-state index >= 15 is 0 Å². The maximum atomic E-state index is 9.44. The van der Waals surface area contributed by atoms with Crippen LogP contribution in [0.25, 0.3) is 0 Å². The van der Waals surface area contributed by atoms with Gasteiger partial charge in [0.1, 0.15) is 5.78 Å². The monoisotopic (exact) mass is 689 g/mol. The second kappa shape index (κ2) is 33.4. The third kappa shape index (κ3) is 38.1. The van der Waals surface area contributed by atoms with Gasteiger partial charge in [0.15, 0.2) is 0 Å². The van der Waals surface area contributed by atoms with Gasteiger partial charge in [0.05, 0.1) is 6.61 Å². The van der Waals surface area contributed by atoms with Gasteiger partial charge >= 0.3 is 0 Å². The maximum Gasteiger partial charge on any atom is 0.126 e. The molecular weight excluding hydrogens is 609 g/mol. The summed E-state index contributed by atoms with van der Waals surface area (Å²) in [7, 11) is 0. The fourth-order valence-corrected chi connectivity index (χ4v) is 5.38. The lowest BCUT2D eigenvalue weighted by Gasteiger charge is -2.04. The zero-order valence-electron chi connectivity index (χ0n) is 35.1. The normalized spacial score (nSPS) is 14.1. The van der Waals surface area contributed by atoms with Crippen molar-refractivity contribution in [2.75, 3.05) is 6.61 Å². The third-order valence-electron chi connectivity index (χ3n) is 8.75. The topological polar surface area (TPSA) is 37.3 Å². The van der Waals surface area contributed by atoms with Crippen LogP contribution in [0.3, 0.4) is 0 Å². The van der Waals surface area contributed by atoms with Gasteiger partial charge in [-0.25, -0.2) is 0 Å². The van der Waals surface area contributed by atoms with E-state index < -0.39 is 0 Å². The van der Waals surface area contributed by atoms with E-state index in [0.717, 1.165) is 57.8 Å². The molecule has 1 N–H and O–H groups in total. The molecule has 0 radical (unpaired) electrons. The Morgan fingerprint density at radius 2 is 0.480 bits per heavy atom. The molecule has 0 unspecified atom stereocenters. The van der Waals surface area contributed by atoms with E-state index in [-0.39, 0.29) is 12.4 Å². The highest BCUT2D eigenvalue weighted by molar-refractivity contribution is 5.72. The predicted molar refractivity (Wildman–Crippen MR) is 227 cm³/mol. The number of aliphatic hydroxyl groups excluding tert-OH is 1. The summed E-state index contributed by atoms with van der Waals surface area (Å²) >= 11 is 0. The highest BCUT2D eigenvalue weighted by Crippen LogP contribution is 2.17. The van der Waals surface area contributed by atoms with Crippen LogP contribution >= 0.6 is 0 Å². The molecule has 0 amide bonds. The van der Waals surface area contributed by atoms with Crippen molar-refractivity contribution in [3.63, 3.8) is 0 Å². The minimum absolute atomic E-state index is 0.150. The van der Waals surface area contributed by atoms with E-state index in [1.54, 1.807) is 0 Å². The average Bonchev–Trinajstić information content (AvgIpc) is 3.00. The molecule has 0 spiro atoms. The lowest BCUT2D eigenvalue weighted by molar-refractivity contribution is -0.115. The average molecular weight is 689 g/mol. The molecule has 0 aromatic heterocycles. The van der Waals surface area contributed by atoms with E-state index in [2.05, 4.69) is 118 Å². The van der Waals surface area contributed by atoms with Crippen molar-refractivity contribution >= 4 is 5.78 Å². The molecule has 50 heavy (non-hydrogen) atoms. The number of rotatable bonds is 25. The second-order valence-corrected chi connectivity index (χ2v) is 15.1. The Bertz CT molecular complexity index is 1190. The van der Waals surface area contributed by atoms with E-state index in [4.69, 9.17) is 5.11 Å². The molecular formula is C48H80O2. The Balaban J connectivity index is 0. The summed E-state index contributed by atoms with van der Waals surface area (Å²) in [5.41, 5.74) is 13.3.